The minimum atomic E-state index is -1.35. The van der Waals surface area contributed by atoms with Gasteiger partial charge in [0.15, 0.2) is 6.10 Å². The number of hydrogen-bond acceptors (Lipinski definition) is 9. The first-order chi connectivity index (χ1) is 17.3. The van der Waals surface area contributed by atoms with E-state index >= 15 is 0 Å². The number of ketones is 1. The van der Waals surface area contributed by atoms with Gasteiger partial charge in [0.05, 0.1) is 48.2 Å². The molecule has 3 aromatic carbocycles. The zero-order valence-electron chi connectivity index (χ0n) is 20.9. The summed E-state index contributed by atoms with van der Waals surface area (Å²) in [5.41, 5.74) is 0.706. The maximum absolute atomic E-state index is 13.8. The highest BCUT2D eigenvalue weighted by atomic mass is 16.5. The van der Waals surface area contributed by atoms with Gasteiger partial charge in [0.25, 0.3) is 0 Å². The average Bonchev–Trinajstić information content (AvgIpc) is 2.94. The first-order valence-corrected chi connectivity index (χ1v) is 10.8. The third kappa shape index (κ3) is 5.99. The van der Waals surface area contributed by atoms with Crippen LogP contribution < -0.4 is 28.4 Å². The third-order valence-corrected chi connectivity index (χ3v) is 5.36. The normalized spacial score (nSPS) is 11.2. The number of ether oxygens (including phenoxy) is 7. The molecule has 0 amide bonds. The lowest BCUT2D eigenvalue weighted by Crippen LogP contribution is -2.21. The summed E-state index contributed by atoms with van der Waals surface area (Å²) in [6, 6.07) is 14.2. The third-order valence-electron chi connectivity index (χ3n) is 5.36. The SMILES string of the molecule is COc1cc(OC)cc(C(=O)OC(C(=O)c2cc(OC)cc(OC)c2)c2cc(OC)cc(OC)c2)c1. The van der Waals surface area contributed by atoms with E-state index in [1.165, 1.54) is 66.9 Å². The molecule has 3 aromatic rings. The number of carbonyl (C=O) groups excluding carboxylic acids is 2. The van der Waals surface area contributed by atoms with Crippen LogP contribution in [0, 0.1) is 0 Å². The highest BCUT2D eigenvalue weighted by Gasteiger charge is 2.29. The largest absolute Gasteiger partial charge is 0.497 e. The number of hydrogen-bond donors (Lipinski definition) is 0. The van der Waals surface area contributed by atoms with Crippen molar-refractivity contribution in [1.82, 2.24) is 0 Å². The fourth-order valence-corrected chi connectivity index (χ4v) is 3.46. The van der Waals surface area contributed by atoms with E-state index < -0.39 is 17.9 Å². The second-order valence-electron chi connectivity index (χ2n) is 7.50. The molecule has 9 heteroatoms. The van der Waals surface area contributed by atoms with Crippen LogP contribution >= 0.6 is 0 Å². The minimum absolute atomic E-state index is 0.141. The van der Waals surface area contributed by atoms with Gasteiger partial charge in [-0.2, -0.15) is 0 Å². The van der Waals surface area contributed by atoms with E-state index in [-0.39, 0.29) is 11.1 Å². The zero-order chi connectivity index (χ0) is 26.2. The van der Waals surface area contributed by atoms with Crippen molar-refractivity contribution in [1.29, 1.82) is 0 Å². The Kier molecular flexibility index (Phi) is 8.61. The number of carbonyl (C=O) groups is 2. The van der Waals surface area contributed by atoms with Gasteiger partial charge in [-0.3, -0.25) is 4.79 Å². The van der Waals surface area contributed by atoms with E-state index in [0.29, 0.717) is 40.1 Å². The standard InChI is InChI=1S/C27H28O9/c1-30-19-7-16(8-20(13-19)31-2)25(28)26(17-9-21(32-3)14-22(10-17)33-4)36-27(29)18-11-23(34-5)15-24(12-18)35-6/h7-15,26H,1-6H3. The molecule has 0 saturated carbocycles. The first kappa shape index (κ1) is 26.2. The molecule has 0 bridgehead atoms. The van der Waals surface area contributed by atoms with E-state index in [4.69, 9.17) is 33.2 Å². The van der Waals surface area contributed by atoms with Crippen molar-refractivity contribution in [2.75, 3.05) is 42.7 Å². The van der Waals surface area contributed by atoms with Gasteiger partial charge >= 0.3 is 5.97 Å². The summed E-state index contributed by atoms with van der Waals surface area (Å²) in [5.74, 6) is 1.17. The van der Waals surface area contributed by atoms with Crippen LogP contribution in [-0.2, 0) is 4.74 Å². The molecule has 0 aliphatic heterocycles. The lowest BCUT2D eigenvalue weighted by atomic mass is 9.98. The summed E-state index contributed by atoms with van der Waals surface area (Å²) in [7, 11) is 8.85. The molecule has 1 atom stereocenters. The molecular weight excluding hydrogens is 468 g/mol. The average molecular weight is 497 g/mol. The van der Waals surface area contributed by atoms with Gasteiger partial charge in [-0.25, -0.2) is 4.79 Å². The highest BCUT2D eigenvalue weighted by molar-refractivity contribution is 6.03. The van der Waals surface area contributed by atoms with Gasteiger partial charge in [0, 0.05) is 29.3 Å². The Morgan fingerprint density at radius 1 is 0.500 bits per heavy atom. The molecule has 36 heavy (non-hydrogen) atoms. The molecule has 0 aromatic heterocycles. The fourth-order valence-electron chi connectivity index (χ4n) is 3.46. The van der Waals surface area contributed by atoms with E-state index in [2.05, 4.69) is 0 Å². The topological polar surface area (TPSA) is 98.8 Å². The molecule has 0 heterocycles. The van der Waals surface area contributed by atoms with E-state index in [1.54, 1.807) is 30.3 Å². The van der Waals surface area contributed by atoms with Crippen molar-refractivity contribution in [2.24, 2.45) is 0 Å². The molecule has 9 nitrogen and oxygen atoms in total. The second kappa shape index (κ2) is 11.8. The Morgan fingerprint density at radius 3 is 1.19 bits per heavy atom. The predicted octanol–water partition coefficient (Wildman–Crippen LogP) is 4.52. The molecule has 190 valence electrons. The lowest BCUT2D eigenvalue weighted by Gasteiger charge is -2.20. The molecule has 0 saturated heterocycles. The maximum atomic E-state index is 13.8. The summed E-state index contributed by atoms with van der Waals surface area (Å²) < 4.78 is 37.6. The number of rotatable bonds is 11. The van der Waals surface area contributed by atoms with E-state index in [9.17, 15) is 9.59 Å². The van der Waals surface area contributed by atoms with Crippen molar-refractivity contribution >= 4 is 11.8 Å². The predicted molar refractivity (Wildman–Crippen MR) is 131 cm³/mol. The molecule has 0 aliphatic rings. The summed E-state index contributed by atoms with van der Waals surface area (Å²) in [5, 5.41) is 0. The number of Topliss-reactive ketones (excluding diaryl/α,β-unsaturated/α-hetero) is 1. The van der Waals surface area contributed by atoms with Crippen LogP contribution in [0.3, 0.4) is 0 Å². The van der Waals surface area contributed by atoms with Crippen LogP contribution in [0.5, 0.6) is 34.5 Å². The summed E-state index contributed by atoms with van der Waals surface area (Å²) in [6.45, 7) is 0. The Balaban J connectivity index is 2.11. The Hall–Kier alpha value is -4.40. The molecule has 0 N–H and O–H groups in total. The second-order valence-corrected chi connectivity index (χ2v) is 7.50. The first-order valence-electron chi connectivity index (χ1n) is 10.8. The number of benzene rings is 3. The van der Waals surface area contributed by atoms with Crippen LogP contribution in [0.25, 0.3) is 0 Å². The van der Waals surface area contributed by atoms with Gasteiger partial charge in [0.2, 0.25) is 5.78 Å². The summed E-state index contributed by atoms with van der Waals surface area (Å²) in [4.78, 5) is 27.0. The monoisotopic (exact) mass is 496 g/mol. The highest BCUT2D eigenvalue weighted by Crippen LogP contribution is 2.34. The van der Waals surface area contributed by atoms with Gasteiger partial charge in [-0.15, -0.1) is 0 Å². The zero-order valence-corrected chi connectivity index (χ0v) is 20.9. The molecule has 0 radical (unpaired) electrons. The Bertz CT molecular complexity index is 1170. The smallest absolute Gasteiger partial charge is 0.339 e. The van der Waals surface area contributed by atoms with Crippen molar-refractivity contribution in [2.45, 2.75) is 6.10 Å². The minimum Gasteiger partial charge on any atom is -0.497 e. The van der Waals surface area contributed by atoms with Crippen LogP contribution in [-0.4, -0.2) is 54.4 Å². The van der Waals surface area contributed by atoms with Gasteiger partial charge in [0.1, 0.15) is 34.5 Å². The van der Waals surface area contributed by atoms with E-state index in [1.807, 2.05) is 0 Å². The quantitative estimate of drug-likeness (QED) is 0.280. The molecule has 3 rings (SSSR count). The Labute approximate surface area is 209 Å². The van der Waals surface area contributed by atoms with E-state index in [0.717, 1.165) is 0 Å². The van der Waals surface area contributed by atoms with Crippen LogP contribution in [0.2, 0.25) is 0 Å². The van der Waals surface area contributed by atoms with Gasteiger partial charge in [-0.1, -0.05) is 0 Å². The molecule has 0 spiro atoms. The molecule has 0 fully saturated rings. The Morgan fingerprint density at radius 2 is 0.833 bits per heavy atom. The van der Waals surface area contributed by atoms with Gasteiger partial charge < -0.3 is 33.2 Å². The molecule has 1 unspecified atom stereocenters. The van der Waals surface area contributed by atoms with Crippen molar-refractivity contribution in [3.63, 3.8) is 0 Å². The van der Waals surface area contributed by atoms with Crippen LogP contribution in [0.1, 0.15) is 32.4 Å². The fraction of sp³-hybridized carbons (Fsp3) is 0.259. The lowest BCUT2D eigenvalue weighted by molar-refractivity contribution is 0.0278. The van der Waals surface area contributed by atoms with Crippen molar-refractivity contribution < 1.29 is 42.7 Å². The van der Waals surface area contributed by atoms with Crippen LogP contribution in [0.15, 0.2) is 54.6 Å². The van der Waals surface area contributed by atoms with Crippen molar-refractivity contribution in [3.05, 3.63) is 71.3 Å². The summed E-state index contributed by atoms with van der Waals surface area (Å²) >= 11 is 0. The molecule has 0 aliphatic carbocycles. The van der Waals surface area contributed by atoms with Gasteiger partial charge in [-0.05, 0) is 36.4 Å². The number of esters is 1. The van der Waals surface area contributed by atoms with Crippen molar-refractivity contribution in [3.8, 4) is 34.5 Å². The van der Waals surface area contributed by atoms with Crippen LogP contribution in [0.4, 0.5) is 0 Å². The maximum Gasteiger partial charge on any atom is 0.339 e. The molecular formula is C27H28O9. The number of methoxy groups -OCH3 is 6. The summed E-state index contributed by atoms with van der Waals surface area (Å²) in [6.07, 6.45) is -1.35.